The molecule has 1 saturated heterocycles. The summed E-state index contributed by atoms with van der Waals surface area (Å²) in [4.78, 5) is 2.51. The summed E-state index contributed by atoms with van der Waals surface area (Å²) in [6, 6.07) is 10.8. The first-order chi connectivity index (χ1) is 8.65. The first-order valence-electron chi connectivity index (χ1n) is 7.17. The Morgan fingerprint density at radius 3 is 2.39 bits per heavy atom. The number of hydrogen-bond acceptors (Lipinski definition) is 2. The molecule has 1 aromatic rings. The van der Waals surface area contributed by atoms with Crippen molar-refractivity contribution in [1.29, 1.82) is 0 Å². The van der Waals surface area contributed by atoms with Crippen molar-refractivity contribution in [3.8, 4) is 0 Å². The first-order valence-corrected chi connectivity index (χ1v) is 7.17. The van der Waals surface area contributed by atoms with E-state index in [-0.39, 0.29) is 0 Å². The van der Waals surface area contributed by atoms with E-state index >= 15 is 0 Å². The Hall–Kier alpha value is -0.860. The number of nitrogens with zero attached hydrogens (tertiary/aromatic N) is 1. The van der Waals surface area contributed by atoms with Gasteiger partial charge in [-0.1, -0.05) is 43.7 Å². The lowest BCUT2D eigenvalue weighted by molar-refractivity contribution is -0.0347. The fourth-order valence-corrected chi connectivity index (χ4v) is 2.97. The van der Waals surface area contributed by atoms with E-state index in [0.29, 0.717) is 6.04 Å². The molecule has 1 unspecified atom stereocenters. The largest absolute Gasteiger partial charge is 0.385 e. The molecule has 1 N–H and O–H groups in total. The van der Waals surface area contributed by atoms with Crippen LogP contribution >= 0.6 is 0 Å². The Morgan fingerprint density at radius 1 is 1.22 bits per heavy atom. The summed E-state index contributed by atoms with van der Waals surface area (Å²) >= 11 is 0. The molecule has 0 aromatic heterocycles. The minimum atomic E-state index is -0.607. The summed E-state index contributed by atoms with van der Waals surface area (Å²) in [7, 11) is 0. The maximum absolute atomic E-state index is 10.7. The second-order valence-corrected chi connectivity index (χ2v) is 5.57. The Balaban J connectivity index is 1.97. The molecule has 1 heterocycles. The molecule has 0 spiro atoms. The van der Waals surface area contributed by atoms with Gasteiger partial charge < -0.3 is 10.0 Å². The van der Waals surface area contributed by atoms with Gasteiger partial charge in [0.05, 0.1) is 5.60 Å². The Bertz CT molecular complexity index is 355. The average Bonchev–Trinajstić information content (AvgIpc) is 2.41. The lowest BCUT2D eigenvalue weighted by Crippen LogP contribution is -2.46. The van der Waals surface area contributed by atoms with Crippen LogP contribution in [0.15, 0.2) is 30.3 Å². The predicted octanol–water partition coefficient (Wildman–Crippen LogP) is 3.16. The van der Waals surface area contributed by atoms with Crippen LogP contribution in [-0.4, -0.2) is 29.1 Å². The highest BCUT2D eigenvalue weighted by atomic mass is 16.3. The van der Waals surface area contributed by atoms with Crippen molar-refractivity contribution in [2.24, 2.45) is 0 Å². The van der Waals surface area contributed by atoms with Gasteiger partial charge in [-0.15, -0.1) is 0 Å². The van der Waals surface area contributed by atoms with E-state index in [2.05, 4.69) is 18.7 Å². The van der Waals surface area contributed by atoms with E-state index in [0.717, 1.165) is 31.5 Å². The summed E-state index contributed by atoms with van der Waals surface area (Å²) in [5, 5.41) is 10.7. The van der Waals surface area contributed by atoms with Gasteiger partial charge in [-0.2, -0.15) is 0 Å². The zero-order valence-corrected chi connectivity index (χ0v) is 11.6. The van der Waals surface area contributed by atoms with Crippen LogP contribution < -0.4 is 0 Å². The highest BCUT2D eigenvalue weighted by molar-refractivity contribution is 5.22. The molecule has 1 aliphatic rings. The Labute approximate surface area is 111 Å². The summed E-state index contributed by atoms with van der Waals surface area (Å²) in [6.45, 7) is 6.55. The van der Waals surface area contributed by atoms with Gasteiger partial charge in [0.15, 0.2) is 0 Å². The summed E-state index contributed by atoms with van der Waals surface area (Å²) in [5.41, 5.74) is 0.469. The van der Waals surface area contributed by atoms with Crippen molar-refractivity contribution < 1.29 is 5.11 Å². The fourth-order valence-electron chi connectivity index (χ4n) is 2.97. The van der Waals surface area contributed by atoms with E-state index in [4.69, 9.17) is 0 Å². The lowest BCUT2D eigenvalue weighted by atomic mass is 9.84. The van der Waals surface area contributed by atoms with E-state index in [9.17, 15) is 5.11 Å². The number of aliphatic hydroxyl groups is 1. The smallest absolute Gasteiger partial charge is 0.0920 e. The molecule has 0 aliphatic carbocycles. The number of rotatable bonds is 4. The topological polar surface area (TPSA) is 23.5 Å². The normalized spacial score (nSPS) is 21.7. The molecule has 2 heteroatoms. The third kappa shape index (κ3) is 2.93. The van der Waals surface area contributed by atoms with Crippen LogP contribution in [0.4, 0.5) is 0 Å². The molecule has 0 bridgehead atoms. The van der Waals surface area contributed by atoms with Crippen molar-refractivity contribution in [2.75, 3.05) is 13.1 Å². The van der Waals surface area contributed by atoms with Gasteiger partial charge >= 0.3 is 0 Å². The lowest BCUT2D eigenvalue weighted by Gasteiger charge is -2.41. The maximum atomic E-state index is 10.7. The SMILES string of the molecule is CCCC(C)N1CCC(O)(c2ccccc2)CC1. The van der Waals surface area contributed by atoms with Crippen LogP contribution in [0.3, 0.4) is 0 Å². The van der Waals surface area contributed by atoms with Crippen molar-refractivity contribution in [1.82, 2.24) is 4.90 Å². The van der Waals surface area contributed by atoms with Gasteiger partial charge in [-0.3, -0.25) is 0 Å². The van der Waals surface area contributed by atoms with Crippen molar-refractivity contribution >= 4 is 0 Å². The van der Waals surface area contributed by atoms with Crippen LogP contribution in [0.5, 0.6) is 0 Å². The van der Waals surface area contributed by atoms with Crippen molar-refractivity contribution in [2.45, 2.75) is 51.2 Å². The molecule has 0 saturated carbocycles. The Morgan fingerprint density at radius 2 is 1.83 bits per heavy atom. The van der Waals surface area contributed by atoms with Crippen LogP contribution in [0.25, 0.3) is 0 Å². The number of piperidine rings is 1. The van der Waals surface area contributed by atoms with Crippen LogP contribution in [0, 0.1) is 0 Å². The summed E-state index contributed by atoms with van der Waals surface area (Å²) in [5.74, 6) is 0. The fraction of sp³-hybridized carbons (Fsp3) is 0.625. The third-order valence-corrected chi connectivity index (χ3v) is 4.27. The molecule has 1 aliphatic heterocycles. The average molecular weight is 247 g/mol. The quantitative estimate of drug-likeness (QED) is 0.883. The van der Waals surface area contributed by atoms with Crippen LogP contribution in [0.2, 0.25) is 0 Å². The highest BCUT2D eigenvalue weighted by Crippen LogP contribution is 2.33. The van der Waals surface area contributed by atoms with Crippen molar-refractivity contribution in [3.05, 3.63) is 35.9 Å². The van der Waals surface area contributed by atoms with Crippen LogP contribution in [0.1, 0.15) is 45.1 Å². The minimum Gasteiger partial charge on any atom is -0.385 e. The van der Waals surface area contributed by atoms with E-state index < -0.39 is 5.60 Å². The van der Waals surface area contributed by atoms with Crippen LogP contribution in [-0.2, 0) is 5.60 Å². The molecule has 1 aromatic carbocycles. The number of hydrogen-bond donors (Lipinski definition) is 1. The van der Waals surface area contributed by atoms with Gasteiger partial charge in [0.2, 0.25) is 0 Å². The van der Waals surface area contributed by atoms with Gasteiger partial charge in [0.1, 0.15) is 0 Å². The van der Waals surface area contributed by atoms with E-state index in [1.165, 1.54) is 12.8 Å². The van der Waals surface area contributed by atoms with Gasteiger partial charge in [0, 0.05) is 19.1 Å². The van der Waals surface area contributed by atoms with E-state index in [1.54, 1.807) is 0 Å². The molecule has 2 nitrogen and oxygen atoms in total. The molecule has 0 radical (unpaired) electrons. The van der Waals surface area contributed by atoms with Gasteiger partial charge in [-0.25, -0.2) is 0 Å². The first kappa shape index (κ1) is 13.6. The third-order valence-electron chi connectivity index (χ3n) is 4.27. The standard InChI is InChI=1S/C16H25NO/c1-3-7-14(2)17-12-10-16(18,11-13-17)15-8-5-4-6-9-15/h4-6,8-9,14,18H,3,7,10-13H2,1-2H3. The summed E-state index contributed by atoms with van der Waals surface area (Å²) < 4.78 is 0. The number of benzene rings is 1. The van der Waals surface area contributed by atoms with Gasteiger partial charge in [-0.05, 0) is 31.7 Å². The van der Waals surface area contributed by atoms with E-state index in [1.807, 2.05) is 30.3 Å². The molecular weight excluding hydrogens is 222 g/mol. The second-order valence-electron chi connectivity index (χ2n) is 5.57. The molecule has 100 valence electrons. The zero-order valence-electron chi connectivity index (χ0n) is 11.6. The minimum absolute atomic E-state index is 0.607. The molecule has 18 heavy (non-hydrogen) atoms. The second kappa shape index (κ2) is 5.85. The number of likely N-dealkylation sites (tertiary alicyclic amines) is 1. The molecular formula is C16H25NO. The van der Waals surface area contributed by atoms with Crippen molar-refractivity contribution in [3.63, 3.8) is 0 Å². The maximum Gasteiger partial charge on any atom is 0.0920 e. The van der Waals surface area contributed by atoms with Gasteiger partial charge in [0.25, 0.3) is 0 Å². The molecule has 1 atom stereocenters. The Kier molecular flexibility index (Phi) is 4.41. The molecule has 1 fully saturated rings. The zero-order chi connectivity index (χ0) is 13.0. The highest BCUT2D eigenvalue weighted by Gasteiger charge is 2.34. The molecule has 2 rings (SSSR count). The predicted molar refractivity (Wildman–Crippen MR) is 75.5 cm³/mol. The monoisotopic (exact) mass is 247 g/mol. The molecule has 0 amide bonds. The summed E-state index contributed by atoms with van der Waals surface area (Å²) in [6.07, 6.45) is 4.19.